The van der Waals surface area contributed by atoms with Crippen molar-refractivity contribution in [1.82, 2.24) is 10.2 Å². The van der Waals surface area contributed by atoms with Crippen molar-refractivity contribution in [2.75, 3.05) is 17.4 Å². The zero-order valence-electron chi connectivity index (χ0n) is 23.2. The van der Waals surface area contributed by atoms with E-state index in [1.54, 1.807) is 55.5 Å². The lowest BCUT2D eigenvalue weighted by atomic mass is 10.1. The molecule has 3 aromatic rings. The molecular formula is C30H35Cl2N3O4S. The van der Waals surface area contributed by atoms with Gasteiger partial charge in [0.25, 0.3) is 10.0 Å². The van der Waals surface area contributed by atoms with Crippen LogP contribution in [0.15, 0.2) is 71.6 Å². The van der Waals surface area contributed by atoms with E-state index in [1.807, 2.05) is 20.8 Å². The standard InChI is InChI=1S/C30H35Cl2N3O4S/c1-5-6-17-33-30(37)23(4)34(19-24-10-12-25(31)13-11-24)29(36)20-35(26-14-9-22(3)28(32)18-26)40(38,39)27-15-7-21(2)8-16-27/h7-16,18,23H,5-6,17,19-20H2,1-4H3,(H,33,37). The number of carbonyl (C=O) groups is 2. The van der Waals surface area contributed by atoms with Crippen LogP contribution in [0.2, 0.25) is 10.0 Å². The fraction of sp³-hybridized carbons (Fsp3) is 0.333. The summed E-state index contributed by atoms with van der Waals surface area (Å²) in [5.41, 5.74) is 2.66. The molecule has 214 valence electrons. The number of carbonyl (C=O) groups excluding carboxylic acids is 2. The van der Waals surface area contributed by atoms with Crippen molar-refractivity contribution in [1.29, 1.82) is 0 Å². The Morgan fingerprint density at radius 3 is 2.20 bits per heavy atom. The van der Waals surface area contributed by atoms with Gasteiger partial charge in [0, 0.05) is 23.1 Å². The molecule has 2 amide bonds. The van der Waals surface area contributed by atoms with Gasteiger partial charge in [-0.3, -0.25) is 13.9 Å². The molecule has 0 saturated heterocycles. The number of rotatable bonds is 12. The lowest BCUT2D eigenvalue weighted by Crippen LogP contribution is -2.51. The SMILES string of the molecule is CCCCNC(=O)C(C)N(Cc1ccc(Cl)cc1)C(=O)CN(c1ccc(C)c(Cl)c1)S(=O)(=O)c1ccc(C)cc1. The molecule has 0 heterocycles. The highest BCUT2D eigenvalue weighted by atomic mass is 35.5. The van der Waals surface area contributed by atoms with E-state index >= 15 is 0 Å². The molecule has 10 heteroatoms. The number of benzene rings is 3. The van der Waals surface area contributed by atoms with Gasteiger partial charge in [0.2, 0.25) is 11.8 Å². The number of amides is 2. The molecular weight excluding hydrogens is 569 g/mol. The molecule has 0 bridgehead atoms. The van der Waals surface area contributed by atoms with E-state index < -0.39 is 28.5 Å². The van der Waals surface area contributed by atoms with Crippen molar-refractivity contribution in [3.63, 3.8) is 0 Å². The Balaban J connectivity index is 2.02. The summed E-state index contributed by atoms with van der Waals surface area (Å²) < 4.78 is 28.8. The maximum atomic E-state index is 13.9. The van der Waals surface area contributed by atoms with E-state index in [9.17, 15) is 18.0 Å². The molecule has 1 N–H and O–H groups in total. The third kappa shape index (κ3) is 7.99. The predicted molar refractivity (Wildman–Crippen MR) is 161 cm³/mol. The number of unbranched alkanes of at least 4 members (excludes halogenated alkanes) is 1. The lowest BCUT2D eigenvalue weighted by molar-refractivity contribution is -0.139. The summed E-state index contributed by atoms with van der Waals surface area (Å²) in [4.78, 5) is 28.4. The van der Waals surface area contributed by atoms with Gasteiger partial charge in [-0.25, -0.2) is 8.42 Å². The Morgan fingerprint density at radius 2 is 1.60 bits per heavy atom. The van der Waals surface area contributed by atoms with E-state index in [1.165, 1.54) is 23.1 Å². The summed E-state index contributed by atoms with van der Waals surface area (Å²) in [5, 5.41) is 3.78. The summed E-state index contributed by atoms with van der Waals surface area (Å²) >= 11 is 12.4. The molecule has 0 aliphatic heterocycles. The van der Waals surface area contributed by atoms with Gasteiger partial charge in [-0.05, 0) is 74.7 Å². The monoisotopic (exact) mass is 603 g/mol. The second kappa shape index (κ2) is 14.0. The molecule has 0 aliphatic carbocycles. The van der Waals surface area contributed by atoms with Gasteiger partial charge in [-0.2, -0.15) is 0 Å². The van der Waals surface area contributed by atoms with Crippen molar-refractivity contribution < 1.29 is 18.0 Å². The first-order valence-corrected chi connectivity index (χ1v) is 15.3. The fourth-order valence-corrected chi connectivity index (χ4v) is 5.72. The fourth-order valence-electron chi connectivity index (χ4n) is 4.01. The predicted octanol–water partition coefficient (Wildman–Crippen LogP) is 6.14. The van der Waals surface area contributed by atoms with Crippen molar-refractivity contribution >= 4 is 50.7 Å². The van der Waals surface area contributed by atoms with Crippen LogP contribution in [0.5, 0.6) is 0 Å². The molecule has 1 unspecified atom stereocenters. The summed E-state index contributed by atoms with van der Waals surface area (Å²) in [6, 6.07) is 17.3. The highest BCUT2D eigenvalue weighted by Gasteiger charge is 2.32. The van der Waals surface area contributed by atoms with Crippen molar-refractivity contribution in [3.05, 3.63) is 93.5 Å². The Labute approximate surface area is 247 Å². The van der Waals surface area contributed by atoms with E-state index in [0.29, 0.717) is 16.6 Å². The Kier molecular flexibility index (Phi) is 11.0. The number of sulfonamides is 1. The lowest BCUT2D eigenvalue weighted by Gasteiger charge is -2.32. The summed E-state index contributed by atoms with van der Waals surface area (Å²) in [6.07, 6.45) is 1.72. The van der Waals surface area contributed by atoms with E-state index in [-0.39, 0.29) is 23.0 Å². The largest absolute Gasteiger partial charge is 0.354 e. The van der Waals surface area contributed by atoms with Crippen molar-refractivity contribution in [2.45, 2.75) is 58.0 Å². The number of hydrogen-bond donors (Lipinski definition) is 1. The molecule has 0 aliphatic rings. The molecule has 40 heavy (non-hydrogen) atoms. The highest BCUT2D eigenvalue weighted by molar-refractivity contribution is 7.92. The number of nitrogens with zero attached hydrogens (tertiary/aromatic N) is 2. The van der Waals surface area contributed by atoms with Crippen LogP contribution in [0, 0.1) is 13.8 Å². The van der Waals surface area contributed by atoms with E-state index in [4.69, 9.17) is 23.2 Å². The maximum Gasteiger partial charge on any atom is 0.264 e. The number of halogens is 2. The quantitative estimate of drug-likeness (QED) is 0.252. The zero-order chi connectivity index (χ0) is 29.4. The Bertz CT molecular complexity index is 1430. The second-order valence-electron chi connectivity index (χ2n) is 9.73. The average Bonchev–Trinajstić information content (AvgIpc) is 2.92. The molecule has 7 nitrogen and oxygen atoms in total. The van der Waals surface area contributed by atoms with E-state index in [0.717, 1.165) is 33.8 Å². The minimum atomic E-state index is -4.16. The Hall–Kier alpha value is -3.07. The summed E-state index contributed by atoms with van der Waals surface area (Å²) in [7, 11) is -4.16. The van der Waals surface area contributed by atoms with Gasteiger partial charge >= 0.3 is 0 Å². The summed E-state index contributed by atoms with van der Waals surface area (Å²) in [6.45, 7) is 7.37. The average molecular weight is 605 g/mol. The maximum absolute atomic E-state index is 13.9. The van der Waals surface area contributed by atoms with Crippen LogP contribution < -0.4 is 9.62 Å². The summed E-state index contributed by atoms with van der Waals surface area (Å²) in [5.74, 6) is -0.859. The first kappa shape index (κ1) is 31.5. The molecule has 3 aromatic carbocycles. The van der Waals surface area contributed by atoms with Gasteiger partial charge in [0.05, 0.1) is 10.6 Å². The van der Waals surface area contributed by atoms with Gasteiger partial charge in [-0.15, -0.1) is 0 Å². The number of hydrogen-bond acceptors (Lipinski definition) is 4. The van der Waals surface area contributed by atoms with Crippen molar-refractivity contribution in [3.8, 4) is 0 Å². The third-order valence-electron chi connectivity index (χ3n) is 6.59. The van der Waals surface area contributed by atoms with Gasteiger partial charge in [0.15, 0.2) is 0 Å². The Morgan fingerprint density at radius 1 is 0.950 bits per heavy atom. The molecule has 3 rings (SSSR count). The highest BCUT2D eigenvalue weighted by Crippen LogP contribution is 2.29. The number of aryl methyl sites for hydroxylation is 2. The smallest absolute Gasteiger partial charge is 0.264 e. The normalized spacial score (nSPS) is 12.1. The first-order valence-electron chi connectivity index (χ1n) is 13.1. The molecule has 1 atom stereocenters. The van der Waals surface area contributed by atoms with E-state index in [2.05, 4.69) is 5.32 Å². The van der Waals surface area contributed by atoms with Crippen LogP contribution in [0.4, 0.5) is 5.69 Å². The van der Waals surface area contributed by atoms with Crippen LogP contribution in [0.3, 0.4) is 0 Å². The number of nitrogens with one attached hydrogen (secondary N) is 1. The molecule has 0 radical (unpaired) electrons. The van der Waals surface area contributed by atoms with Gasteiger partial charge in [0.1, 0.15) is 12.6 Å². The topological polar surface area (TPSA) is 86.8 Å². The third-order valence-corrected chi connectivity index (χ3v) is 9.04. The second-order valence-corrected chi connectivity index (χ2v) is 12.4. The van der Waals surface area contributed by atoms with Crippen LogP contribution in [0.25, 0.3) is 0 Å². The van der Waals surface area contributed by atoms with Crippen LogP contribution in [-0.4, -0.2) is 44.3 Å². The zero-order valence-corrected chi connectivity index (χ0v) is 25.5. The van der Waals surface area contributed by atoms with Crippen LogP contribution in [-0.2, 0) is 26.2 Å². The molecule has 0 aromatic heterocycles. The molecule has 0 saturated carbocycles. The minimum Gasteiger partial charge on any atom is -0.354 e. The molecule has 0 fully saturated rings. The van der Waals surface area contributed by atoms with Crippen LogP contribution in [0.1, 0.15) is 43.4 Å². The van der Waals surface area contributed by atoms with Crippen molar-refractivity contribution in [2.24, 2.45) is 0 Å². The van der Waals surface area contributed by atoms with Gasteiger partial charge in [-0.1, -0.05) is 72.4 Å². The van der Waals surface area contributed by atoms with Gasteiger partial charge < -0.3 is 10.2 Å². The first-order chi connectivity index (χ1) is 18.9. The van der Waals surface area contributed by atoms with Crippen LogP contribution >= 0.6 is 23.2 Å². The minimum absolute atomic E-state index is 0.0391. The number of anilines is 1. The molecule has 0 spiro atoms.